The number of Topliss-reactive ketones (excluding diaryl/α,β-unsaturated/α-hetero) is 1. The molecule has 0 saturated carbocycles. The fraction of sp³-hybridized carbons (Fsp3) is 0.120. The predicted octanol–water partition coefficient (Wildman–Crippen LogP) is 20.7. The summed E-state index contributed by atoms with van der Waals surface area (Å²) in [6, 6.07) is 94.1. The summed E-state index contributed by atoms with van der Waals surface area (Å²) in [5, 5.41) is 0. The van der Waals surface area contributed by atoms with Crippen molar-refractivity contribution < 1.29 is 57.1 Å². The minimum absolute atomic E-state index is 0.0387. The van der Waals surface area contributed by atoms with E-state index in [0.717, 1.165) is 114 Å². The van der Waals surface area contributed by atoms with E-state index in [1.165, 1.54) is 28.3 Å². The van der Waals surface area contributed by atoms with Gasteiger partial charge in [-0.05, 0) is 282 Å². The van der Waals surface area contributed by atoms with Gasteiger partial charge in [0.1, 0.15) is 45.5 Å². The molecule has 0 unspecified atom stereocenters. The number of carbonyl (C=O) groups excluding carboxylic acids is 4. The topological polar surface area (TPSA) is 155 Å². The van der Waals surface area contributed by atoms with Crippen LogP contribution in [0.15, 0.2) is 313 Å². The lowest BCUT2D eigenvalue weighted by molar-refractivity contribution is -0.138. The zero-order valence-electron chi connectivity index (χ0n) is 66.4. The number of anilines is 12. The van der Waals surface area contributed by atoms with Crippen molar-refractivity contribution in [2.24, 2.45) is 0 Å². The van der Waals surface area contributed by atoms with E-state index >= 15 is 0 Å². The molecule has 16 heteroatoms. The van der Waals surface area contributed by atoms with Gasteiger partial charge < -0.3 is 57.5 Å². The van der Waals surface area contributed by atoms with Crippen molar-refractivity contribution in [3.63, 3.8) is 0 Å². The zero-order valence-corrected chi connectivity index (χ0v) is 66.4. The average Bonchev–Trinajstić information content (AvgIpc) is 0.819. The van der Waals surface area contributed by atoms with E-state index in [9.17, 15) is 19.2 Å². The van der Waals surface area contributed by atoms with E-state index in [1.54, 1.807) is 35.5 Å². The first kappa shape index (κ1) is 81.6. The molecule has 0 N–H and O–H groups in total. The Hall–Kier alpha value is -15.4. The van der Waals surface area contributed by atoms with Crippen LogP contribution in [0.2, 0.25) is 0 Å². The highest BCUT2D eigenvalue weighted by Crippen LogP contribution is 2.41. The molecular formula is C100H84N4O12. The predicted molar refractivity (Wildman–Crippen MR) is 460 cm³/mol. The number of benzene rings is 12. The quantitative estimate of drug-likeness (QED) is 0.0290. The number of carbonyl (C=O) groups is 4. The van der Waals surface area contributed by atoms with Gasteiger partial charge in [-0.1, -0.05) is 100 Å². The Bertz CT molecular complexity index is 5540. The Labute approximate surface area is 677 Å². The molecule has 12 aromatic carbocycles. The molecule has 0 spiro atoms. The molecule has 16 nitrogen and oxygen atoms in total. The number of esters is 3. The highest BCUT2D eigenvalue weighted by atomic mass is 16.5. The van der Waals surface area contributed by atoms with Crippen LogP contribution >= 0.6 is 0 Å². The minimum Gasteiger partial charge on any atom is -0.497 e. The fourth-order valence-electron chi connectivity index (χ4n) is 12.1. The molecule has 12 aromatic rings. The third kappa shape index (κ3) is 20.8. The lowest BCUT2D eigenvalue weighted by Gasteiger charge is -2.25. The summed E-state index contributed by atoms with van der Waals surface area (Å²) in [6.45, 7) is 7.50. The number of ketones is 1. The molecular weight excluding hydrogens is 1450 g/mol. The maximum absolute atomic E-state index is 13.1. The molecule has 0 amide bonds. The van der Waals surface area contributed by atoms with Gasteiger partial charge in [0.05, 0.1) is 62.5 Å². The highest BCUT2D eigenvalue weighted by Gasteiger charge is 2.23. The van der Waals surface area contributed by atoms with Gasteiger partial charge in [-0.15, -0.1) is 0 Å². The third-order valence-corrected chi connectivity index (χ3v) is 18.4. The average molecular weight is 1530 g/mol. The summed E-state index contributed by atoms with van der Waals surface area (Å²) in [5.41, 5.74) is 16.5. The Morgan fingerprint density at radius 2 is 0.362 bits per heavy atom. The molecule has 12 rings (SSSR count). The standard InChI is InChI=1S/2C50H42N2O6/c1-35-7-17-39(18-8-35)51(43-25-29-45(55-3)30-26-43)41-21-11-37(12-22-41)15-33-47(49(53)57-5)48(50(54)58-6)34-16-38-13-23-42(24-14-38)52(40-19-9-36(2)10-20-40)44-27-31-46(56-4)32-28-44;1-35-7-15-39(16-8-35)51(42-21-27-45(55-3)28-22-42)40-19-11-38(12-20-40)14-34-49(50(54)58-6)48(36(2)53)33-13-37-9-17-41(18-10-37)52(43-23-29-46(56-4)30-24-43)44-25-31-47(57-5)32-26-44/h7-14,17-32H,1-6H3;7-12,15-32H,1-6H3/b48-47-;49-48+. The van der Waals surface area contributed by atoms with Crippen molar-refractivity contribution in [3.8, 4) is 76.1 Å². The molecule has 0 heterocycles. The second-order valence-corrected chi connectivity index (χ2v) is 26.1. The molecule has 0 aliphatic heterocycles. The van der Waals surface area contributed by atoms with Crippen molar-refractivity contribution in [2.45, 2.75) is 27.7 Å². The van der Waals surface area contributed by atoms with Crippen molar-refractivity contribution >= 4 is 91.9 Å². The zero-order chi connectivity index (χ0) is 82.0. The van der Waals surface area contributed by atoms with Crippen LogP contribution in [0.1, 0.15) is 45.9 Å². The number of hydrogen-bond acceptors (Lipinski definition) is 16. The van der Waals surface area contributed by atoms with Gasteiger partial charge in [0.25, 0.3) is 0 Å². The summed E-state index contributed by atoms with van der Waals surface area (Å²) >= 11 is 0. The number of aryl methyl sites for hydroxylation is 3. The van der Waals surface area contributed by atoms with Gasteiger partial charge in [0.15, 0.2) is 5.78 Å². The molecule has 0 radical (unpaired) electrons. The number of ether oxygens (including phenoxy) is 8. The van der Waals surface area contributed by atoms with E-state index in [1.807, 2.05) is 232 Å². The van der Waals surface area contributed by atoms with Crippen LogP contribution in [0.4, 0.5) is 68.2 Å². The van der Waals surface area contributed by atoms with Gasteiger partial charge in [-0.3, -0.25) is 4.79 Å². The second kappa shape index (κ2) is 39.5. The van der Waals surface area contributed by atoms with Crippen LogP contribution in [0.25, 0.3) is 0 Å². The number of nitrogens with zero attached hydrogens (tertiary/aromatic N) is 4. The molecule has 116 heavy (non-hydrogen) atoms. The summed E-state index contributed by atoms with van der Waals surface area (Å²) in [4.78, 5) is 60.7. The van der Waals surface area contributed by atoms with Gasteiger partial charge in [0, 0.05) is 90.5 Å². The molecule has 0 aliphatic carbocycles. The largest absolute Gasteiger partial charge is 0.497 e. The van der Waals surface area contributed by atoms with Crippen molar-refractivity contribution in [3.05, 3.63) is 352 Å². The van der Waals surface area contributed by atoms with Gasteiger partial charge in [-0.2, -0.15) is 0 Å². The SMILES string of the molecule is COC(=O)/C(C#Cc1ccc(N(c2ccc(C)cc2)c2ccc(OC)cc2)cc1)=C(/C#Cc1ccc(N(c2ccc(C)cc2)c2ccc(OC)cc2)cc1)C(=O)OC.COC(=O)/C(C#Cc1ccc(N(c2ccc(C)cc2)c2ccc(OC)cc2)cc1)=C(\C#Cc1ccc(N(c2ccc(OC)cc2)c2ccc(OC)cc2)cc1)C(C)=O. The normalized spacial score (nSPS) is 10.7. The molecule has 0 atom stereocenters. The Kier molecular flexibility index (Phi) is 27.8. The maximum Gasteiger partial charge on any atom is 0.348 e. The van der Waals surface area contributed by atoms with E-state index in [0.29, 0.717) is 22.3 Å². The van der Waals surface area contributed by atoms with Crippen LogP contribution in [0.5, 0.6) is 28.7 Å². The molecule has 576 valence electrons. The molecule has 0 bridgehead atoms. The van der Waals surface area contributed by atoms with E-state index in [-0.39, 0.29) is 22.3 Å². The monoisotopic (exact) mass is 1530 g/mol. The molecule has 0 fully saturated rings. The lowest BCUT2D eigenvalue weighted by Crippen LogP contribution is -2.13. The van der Waals surface area contributed by atoms with E-state index < -0.39 is 23.7 Å². The van der Waals surface area contributed by atoms with Gasteiger partial charge in [-0.25, -0.2) is 14.4 Å². The van der Waals surface area contributed by atoms with Crippen molar-refractivity contribution in [2.75, 3.05) is 76.5 Å². The summed E-state index contributed by atoms with van der Waals surface area (Å²) < 4.78 is 42.0. The number of rotatable bonds is 21. The third-order valence-electron chi connectivity index (χ3n) is 18.4. The van der Waals surface area contributed by atoms with Crippen LogP contribution in [-0.2, 0) is 33.4 Å². The minimum atomic E-state index is -0.813. The summed E-state index contributed by atoms with van der Waals surface area (Å²) in [6.07, 6.45) is 0. The van der Waals surface area contributed by atoms with Crippen molar-refractivity contribution in [1.29, 1.82) is 0 Å². The second-order valence-electron chi connectivity index (χ2n) is 26.1. The first-order valence-electron chi connectivity index (χ1n) is 36.8. The van der Waals surface area contributed by atoms with Crippen LogP contribution in [-0.4, -0.2) is 80.6 Å². The fourth-order valence-corrected chi connectivity index (χ4v) is 12.1. The molecule has 0 aromatic heterocycles. The van der Waals surface area contributed by atoms with Crippen LogP contribution < -0.4 is 43.3 Å². The smallest absolute Gasteiger partial charge is 0.348 e. The number of hydrogen-bond donors (Lipinski definition) is 0. The van der Waals surface area contributed by atoms with E-state index in [2.05, 4.69) is 147 Å². The van der Waals surface area contributed by atoms with Crippen LogP contribution in [0, 0.1) is 68.1 Å². The first-order chi connectivity index (χ1) is 56.4. The summed E-state index contributed by atoms with van der Waals surface area (Å²) in [7, 11) is 11.9. The van der Waals surface area contributed by atoms with E-state index in [4.69, 9.17) is 37.9 Å². The molecule has 0 saturated heterocycles. The number of allylic oxidation sites excluding steroid dienone is 1. The summed E-state index contributed by atoms with van der Waals surface area (Å²) in [5.74, 6) is 24.6. The number of methoxy groups -OCH3 is 8. The van der Waals surface area contributed by atoms with Gasteiger partial charge in [0.2, 0.25) is 0 Å². The Morgan fingerprint density at radius 1 is 0.216 bits per heavy atom. The molecule has 0 aliphatic rings. The lowest BCUT2D eigenvalue weighted by atomic mass is 10.0. The first-order valence-corrected chi connectivity index (χ1v) is 36.8. The van der Waals surface area contributed by atoms with Crippen LogP contribution in [0.3, 0.4) is 0 Å². The maximum atomic E-state index is 13.1. The van der Waals surface area contributed by atoms with Gasteiger partial charge >= 0.3 is 17.9 Å². The Morgan fingerprint density at radius 3 is 0.517 bits per heavy atom. The Balaban J connectivity index is 0.000000228. The van der Waals surface area contributed by atoms with Crippen molar-refractivity contribution in [1.82, 2.24) is 0 Å². The highest BCUT2D eigenvalue weighted by molar-refractivity contribution is 6.09.